The molecule has 5 fully saturated rings. The van der Waals surface area contributed by atoms with E-state index in [0.29, 0.717) is 48.6 Å². The molecule has 0 aliphatic carbocycles. The minimum absolute atomic E-state index is 0.302. The predicted octanol–water partition coefficient (Wildman–Crippen LogP) is 2.69. The van der Waals surface area contributed by atoms with Gasteiger partial charge in [0, 0.05) is 43.3 Å². The van der Waals surface area contributed by atoms with Gasteiger partial charge in [-0.25, -0.2) is 4.99 Å². The molecule has 6 aliphatic heterocycles. The number of fused-ring (bicyclic) bond motifs is 2. The number of benzene rings is 1. The molecule has 7 heteroatoms. The lowest BCUT2D eigenvalue weighted by Crippen LogP contribution is -2.61. The van der Waals surface area contributed by atoms with Crippen LogP contribution in [-0.4, -0.2) is 71.1 Å². The van der Waals surface area contributed by atoms with Crippen LogP contribution in [0.2, 0.25) is 0 Å². The van der Waals surface area contributed by atoms with Crippen molar-refractivity contribution in [3.05, 3.63) is 23.3 Å². The number of nitrogens with zero attached hydrogens (tertiary/aromatic N) is 2. The van der Waals surface area contributed by atoms with E-state index in [1.807, 2.05) is 6.07 Å². The Morgan fingerprint density at radius 1 is 1.20 bits per heavy atom. The van der Waals surface area contributed by atoms with Crippen molar-refractivity contribution in [3.8, 4) is 17.2 Å². The van der Waals surface area contributed by atoms with Crippen LogP contribution in [0, 0.1) is 11.8 Å². The quantitative estimate of drug-likeness (QED) is 0.693. The average molecular weight is 412 g/mol. The van der Waals surface area contributed by atoms with E-state index in [-0.39, 0.29) is 5.41 Å². The Hall–Kier alpha value is -2.25. The number of hydrogen-bond acceptors (Lipinski definition) is 7. The van der Waals surface area contributed by atoms with Crippen LogP contribution in [0.25, 0.3) is 0 Å². The van der Waals surface area contributed by atoms with Crippen molar-refractivity contribution < 1.29 is 23.7 Å². The maximum atomic E-state index is 6.46. The zero-order valence-corrected chi connectivity index (χ0v) is 17.9. The molecule has 5 saturated heterocycles. The van der Waals surface area contributed by atoms with E-state index < -0.39 is 0 Å². The SMILES string of the molecule is COC/C=C1\CN2[C@H]3C[C@@H]1C1COC4=Nc5c(OC)cc(OC)c(OC)c5[C@]43C[C@@H]12. The molecule has 2 unspecified atom stereocenters. The Labute approximate surface area is 176 Å². The molecule has 30 heavy (non-hydrogen) atoms. The lowest BCUT2D eigenvalue weighted by Gasteiger charge is -2.54. The maximum Gasteiger partial charge on any atom is 0.201 e. The number of methoxy groups -OCH3 is 4. The molecule has 7 rings (SSSR count). The van der Waals surface area contributed by atoms with Gasteiger partial charge in [-0.15, -0.1) is 0 Å². The molecular weight excluding hydrogens is 384 g/mol. The first-order valence-electron chi connectivity index (χ1n) is 10.7. The first kappa shape index (κ1) is 18.5. The molecular formula is C23H28N2O5. The fourth-order valence-corrected chi connectivity index (χ4v) is 6.91. The van der Waals surface area contributed by atoms with E-state index in [0.717, 1.165) is 42.3 Å². The summed E-state index contributed by atoms with van der Waals surface area (Å²) in [5, 5.41) is 0. The van der Waals surface area contributed by atoms with E-state index in [2.05, 4.69) is 11.0 Å². The van der Waals surface area contributed by atoms with Gasteiger partial charge in [-0.3, -0.25) is 4.90 Å². The monoisotopic (exact) mass is 412 g/mol. The minimum atomic E-state index is -0.302. The van der Waals surface area contributed by atoms with E-state index >= 15 is 0 Å². The van der Waals surface area contributed by atoms with Crippen molar-refractivity contribution >= 4 is 11.6 Å². The summed E-state index contributed by atoms with van der Waals surface area (Å²) in [4.78, 5) is 7.70. The van der Waals surface area contributed by atoms with Crippen molar-refractivity contribution in [2.24, 2.45) is 16.8 Å². The molecule has 0 amide bonds. The Morgan fingerprint density at radius 3 is 2.77 bits per heavy atom. The number of piperidine rings is 3. The summed E-state index contributed by atoms with van der Waals surface area (Å²) in [6, 6.07) is 2.70. The third-order valence-electron chi connectivity index (χ3n) is 8.05. The second-order valence-electron chi connectivity index (χ2n) is 8.94. The van der Waals surface area contributed by atoms with E-state index in [9.17, 15) is 0 Å². The number of hydrogen-bond donors (Lipinski definition) is 0. The van der Waals surface area contributed by atoms with Gasteiger partial charge < -0.3 is 23.7 Å². The van der Waals surface area contributed by atoms with Crippen LogP contribution in [0.1, 0.15) is 18.4 Å². The number of ether oxygens (including phenoxy) is 5. The standard InChI is InChI=1S/C23H28N2O5/c1-26-6-5-12-10-25-15-9-23-18(25)7-13(12)14(15)11-30-22(23)24-20-16(27-2)8-17(28-3)21(29-4)19(20)23/h5,8,13-15,18H,6-7,9-11H2,1-4H3/b12-5+/t13-,14?,15-,18-,23+/m0/s1. The van der Waals surface area contributed by atoms with Gasteiger partial charge in [-0.1, -0.05) is 11.6 Å². The van der Waals surface area contributed by atoms with E-state index in [4.69, 9.17) is 28.7 Å². The van der Waals surface area contributed by atoms with Gasteiger partial charge in [0.15, 0.2) is 11.5 Å². The maximum absolute atomic E-state index is 6.46. The molecule has 0 radical (unpaired) electrons. The largest absolute Gasteiger partial charge is 0.494 e. The molecule has 5 bridgehead atoms. The molecule has 0 aromatic heterocycles. The van der Waals surface area contributed by atoms with E-state index in [1.54, 1.807) is 28.4 Å². The normalized spacial score (nSPS) is 38.1. The third kappa shape index (κ3) is 2.05. The van der Waals surface area contributed by atoms with Gasteiger partial charge in [0.2, 0.25) is 5.90 Å². The summed E-state index contributed by atoms with van der Waals surface area (Å²) in [7, 11) is 6.81. The Kier molecular flexibility index (Phi) is 3.93. The predicted molar refractivity (Wildman–Crippen MR) is 111 cm³/mol. The fraction of sp³-hybridized carbons (Fsp3) is 0.609. The Bertz CT molecular complexity index is 973. The van der Waals surface area contributed by atoms with Crippen molar-refractivity contribution in [3.63, 3.8) is 0 Å². The molecule has 1 spiro atoms. The van der Waals surface area contributed by atoms with Crippen LogP contribution in [-0.2, 0) is 14.9 Å². The summed E-state index contributed by atoms with van der Waals surface area (Å²) >= 11 is 0. The highest BCUT2D eigenvalue weighted by Crippen LogP contribution is 2.66. The second kappa shape index (κ2) is 6.37. The molecule has 6 atom stereocenters. The lowest BCUT2D eigenvalue weighted by atomic mass is 9.68. The summed E-state index contributed by atoms with van der Waals surface area (Å²) in [6.07, 6.45) is 4.40. The summed E-state index contributed by atoms with van der Waals surface area (Å²) in [5.74, 6) is 4.03. The topological polar surface area (TPSA) is 61.8 Å². The van der Waals surface area contributed by atoms with Crippen LogP contribution >= 0.6 is 0 Å². The first-order chi connectivity index (χ1) is 14.7. The summed E-state index contributed by atoms with van der Waals surface area (Å²) in [6.45, 7) is 2.39. The van der Waals surface area contributed by atoms with Gasteiger partial charge in [-0.2, -0.15) is 0 Å². The van der Waals surface area contributed by atoms with Crippen LogP contribution < -0.4 is 14.2 Å². The second-order valence-corrected chi connectivity index (χ2v) is 8.94. The molecule has 1 aromatic carbocycles. The highest BCUT2D eigenvalue weighted by Gasteiger charge is 2.70. The zero-order valence-electron chi connectivity index (χ0n) is 17.9. The number of rotatable bonds is 5. The van der Waals surface area contributed by atoms with Crippen LogP contribution in [0.15, 0.2) is 22.7 Å². The first-order valence-corrected chi connectivity index (χ1v) is 10.7. The third-order valence-corrected chi connectivity index (χ3v) is 8.05. The highest BCUT2D eigenvalue weighted by atomic mass is 16.5. The van der Waals surface area contributed by atoms with Gasteiger partial charge in [0.05, 0.1) is 40.0 Å². The highest BCUT2D eigenvalue weighted by molar-refractivity contribution is 6.01. The van der Waals surface area contributed by atoms with Crippen molar-refractivity contribution in [1.29, 1.82) is 0 Å². The van der Waals surface area contributed by atoms with Crippen LogP contribution in [0.4, 0.5) is 5.69 Å². The van der Waals surface area contributed by atoms with Gasteiger partial charge in [0.25, 0.3) is 0 Å². The van der Waals surface area contributed by atoms with Crippen molar-refractivity contribution in [2.75, 3.05) is 48.2 Å². The molecule has 6 aliphatic rings. The summed E-state index contributed by atoms with van der Waals surface area (Å²) < 4.78 is 29.1. The van der Waals surface area contributed by atoms with Crippen LogP contribution in [0.3, 0.4) is 0 Å². The van der Waals surface area contributed by atoms with Crippen LogP contribution in [0.5, 0.6) is 17.2 Å². The smallest absolute Gasteiger partial charge is 0.201 e. The van der Waals surface area contributed by atoms with Gasteiger partial charge in [0.1, 0.15) is 11.4 Å². The van der Waals surface area contributed by atoms with E-state index in [1.165, 1.54) is 5.57 Å². The Balaban J connectivity index is 1.54. The Morgan fingerprint density at radius 2 is 2.03 bits per heavy atom. The van der Waals surface area contributed by atoms with Crippen molar-refractivity contribution in [1.82, 2.24) is 4.90 Å². The molecule has 1 aromatic rings. The summed E-state index contributed by atoms with van der Waals surface area (Å²) in [5.41, 5.74) is 3.12. The zero-order chi connectivity index (χ0) is 20.6. The minimum Gasteiger partial charge on any atom is -0.494 e. The fourth-order valence-electron chi connectivity index (χ4n) is 6.91. The molecule has 160 valence electrons. The molecule has 7 nitrogen and oxygen atoms in total. The van der Waals surface area contributed by atoms with Crippen molar-refractivity contribution in [2.45, 2.75) is 30.3 Å². The number of aliphatic imine (C=N–C) groups is 1. The average Bonchev–Trinajstić information content (AvgIpc) is 3.14. The van der Waals surface area contributed by atoms with Gasteiger partial charge in [-0.05, 0) is 18.8 Å². The molecule has 0 saturated carbocycles. The molecule has 6 heterocycles. The lowest BCUT2D eigenvalue weighted by molar-refractivity contribution is -0.0156. The molecule has 0 N–H and O–H groups in total. The van der Waals surface area contributed by atoms with Gasteiger partial charge >= 0.3 is 0 Å².